The minimum Gasteiger partial charge on any atom is -0.324 e. The Bertz CT molecular complexity index is 430. The van der Waals surface area contributed by atoms with Crippen molar-refractivity contribution in [3.8, 4) is 0 Å². The largest absolute Gasteiger partial charge is 0.333 e. The summed E-state index contributed by atoms with van der Waals surface area (Å²) in [5.74, 6) is 0.237. The Morgan fingerprint density at radius 2 is 1.76 bits per heavy atom. The average molecular weight is 316 g/mol. The number of allylic oxidation sites excluding steroid dienone is 4. The van der Waals surface area contributed by atoms with Gasteiger partial charge in [0.05, 0.1) is 0 Å². The number of hydrogen-bond donors (Lipinski definition) is 2. The third-order valence-corrected chi connectivity index (χ3v) is 3.88. The van der Waals surface area contributed by atoms with Crippen LogP contribution in [0, 0.1) is 5.92 Å². The molecule has 0 bridgehead atoms. The van der Waals surface area contributed by atoms with Gasteiger partial charge in [0.15, 0.2) is 5.78 Å². The van der Waals surface area contributed by atoms with Crippen molar-refractivity contribution in [2.75, 3.05) is 6.16 Å². The maximum absolute atomic E-state index is 11.4. The van der Waals surface area contributed by atoms with Crippen LogP contribution in [-0.4, -0.2) is 21.7 Å². The fourth-order valence-electron chi connectivity index (χ4n) is 2.03. The van der Waals surface area contributed by atoms with Gasteiger partial charge in [-0.3, -0.25) is 9.36 Å². The van der Waals surface area contributed by atoms with Gasteiger partial charge in [-0.2, -0.15) is 0 Å². The van der Waals surface area contributed by atoms with Crippen molar-refractivity contribution in [2.24, 2.45) is 5.92 Å². The quantitative estimate of drug-likeness (QED) is 0.359. The Balaban J connectivity index is 4.09. The van der Waals surface area contributed by atoms with Gasteiger partial charge >= 0.3 is 7.60 Å². The number of carbonyl (C=O) groups excluding carboxylic acids is 1. The van der Waals surface area contributed by atoms with Crippen molar-refractivity contribution >= 4 is 13.4 Å². The lowest BCUT2D eigenvalue weighted by Crippen LogP contribution is -2.02. The predicted octanol–water partition coefficient (Wildman–Crippen LogP) is 4.23. The van der Waals surface area contributed by atoms with E-state index >= 15 is 0 Å². The molecule has 0 atom stereocenters. The van der Waals surface area contributed by atoms with E-state index < -0.39 is 19.5 Å². The Hall–Kier alpha value is -0.700. The summed E-state index contributed by atoms with van der Waals surface area (Å²) in [4.78, 5) is 28.8. The van der Waals surface area contributed by atoms with E-state index in [1.54, 1.807) is 0 Å². The molecule has 0 rings (SSSR count). The van der Waals surface area contributed by atoms with E-state index in [0.29, 0.717) is 0 Å². The number of ketones is 1. The summed E-state index contributed by atoms with van der Waals surface area (Å²) in [7, 11) is -4.25. The van der Waals surface area contributed by atoms with Gasteiger partial charge in [-0.25, -0.2) is 0 Å². The average Bonchev–Trinajstić information content (AvgIpc) is 2.25. The molecule has 0 radical (unpaired) electrons. The summed E-state index contributed by atoms with van der Waals surface area (Å²) in [5.41, 5.74) is 2.23. The molecule has 0 amide bonds. The first-order valence-electron chi connectivity index (χ1n) is 7.50. The zero-order valence-electron chi connectivity index (χ0n) is 13.6. The molecule has 0 aromatic rings. The van der Waals surface area contributed by atoms with Crippen molar-refractivity contribution in [1.29, 1.82) is 0 Å². The lowest BCUT2D eigenvalue weighted by Gasteiger charge is -2.05. The van der Waals surface area contributed by atoms with Gasteiger partial charge in [-0.05, 0) is 51.5 Å². The summed E-state index contributed by atoms with van der Waals surface area (Å²) in [6, 6.07) is 0. The normalized spacial score (nSPS) is 13.9. The maximum Gasteiger partial charge on any atom is 0.333 e. The molecule has 0 aliphatic rings. The summed E-state index contributed by atoms with van der Waals surface area (Å²) in [6.07, 6.45) is 7.99. The first-order chi connectivity index (χ1) is 9.60. The number of hydrogen-bond acceptors (Lipinski definition) is 2. The fourth-order valence-corrected chi connectivity index (χ4v) is 2.53. The van der Waals surface area contributed by atoms with Crippen LogP contribution in [0.2, 0.25) is 0 Å². The molecule has 0 unspecified atom stereocenters. The molecule has 4 nitrogen and oxygen atoms in total. The van der Waals surface area contributed by atoms with Crippen LogP contribution in [0.1, 0.15) is 59.8 Å². The van der Waals surface area contributed by atoms with Crippen LogP contribution in [0.25, 0.3) is 0 Å². The topological polar surface area (TPSA) is 74.6 Å². The minimum atomic E-state index is -4.25. The van der Waals surface area contributed by atoms with Crippen molar-refractivity contribution in [3.05, 3.63) is 23.3 Å². The smallest absolute Gasteiger partial charge is 0.324 e. The van der Waals surface area contributed by atoms with E-state index in [-0.39, 0.29) is 0 Å². The summed E-state index contributed by atoms with van der Waals surface area (Å²) in [5, 5.41) is 0. The summed E-state index contributed by atoms with van der Waals surface area (Å²) < 4.78 is 10.7. The van der Waals surface area contributed by atoms with Gasteiger partial charge in [-0.1, -0.05) is 37.5 Å². The van der Waals surface area contributed by atoms with E-state index in [2.05, 4.69) is 26.8 Å². The molecule has 21 heavy (non-hydrogen) atoms. The van der Waals surface area contributed by atoms with E-state index in [4.69, 9.17) is 9.79 Å². The Morgan fingerprint density at radius 1 is 1.14 bits per heavy atom. The molecule has 5 heteroatoms. The van der Waals surface area contributed by atoms with E-state index in [9.17, 15) is 9.36 Å². The van der Waals surface area contributed by atoms with Gasteiger partial charge in [0.1, 0.15) is 6.16 Å². The summed E-state index contributed by atoms with van der Waals surface area (Å²) >= 11 is 0. The third-order valence-electron chi connectivity index (χ3n) is 3.15. The molecule has 0 spiro atoms. The Labute approximate surface area is 128 Å². The molecule has 0 heterocycles. The van der Waals surface area contributed by atoms with Crippen molar-refractivity contribution < 1.29 is 19.1 Å². The predicted molar refractivity (Wildman–Crippen MR) is 87.4 cm³/mol. The molecule has 0 saturated heterocycles. The molecule has 2 N–H and O–H groups in total. The Kier molecular flexibility index (Phi) is 9.76. The third kappa shape index (κ3) is 14.0. The van der Waals surface area contributed by atoms with Crippen molar-refractivity contribution in [3.63, 3.8) is 0 Å². The minimum absolute atomic E-state index is 0.501. The second-order valence-electron chi connectivity index (χ2n) is 6.16. The lowest BCUT2D eigenvalue weighted by atomic mass is 10.0. The molecule has 0 aromatic heterocycles. The van der Waals surface area contributed by atoms with Crippen LogP contribution in [0.5, 0.6) is 0 Å². The highest BCUT2D eigenvalue weighted by Crippen LogP contribution is 2.34. The molecule has 0 aromatic carbocycles. The second kappa shape index (κ2) is 10.1. The van der Waals surface area contributed by atoms with Crippen LogP contribution in [0.3, 0.4) is 0 Å². The zero-order valence-corrected chi connectivity index (χ0v) is 14.5. The molecule has 0 saturated carbocycles. The standard InChI is InChI=1S/C16H29O4P/c1-13(2)7-5-8-14(3)9-6-10-15(4)11-16(17)12-21(18,19)20/h9,11,13H,5-8,10,12H2,1-4H3,(H2,18,19,20). The first-order valence-corrected chi connectivity index (χ1v) is 9.30. The van der Waals surface area contributed by atoms with Crippen LogP contribution in [-0.2, 0) is 9.36 Å². The monoisotopic (exact) mass is 316 g/mol. The number of carbonyl (C=O) groups is 1. The number of rotatable bonds is 10. The fraction of sp³-hybridized carbons (Fsp3) is 0.688. The van der Waals surface area contributed by atoms with Crippen LogP contribution < -0.4 is 0 Å². The molecule has 122 valence electrons. The molecular weight excluding hydrogens is 287 g/mol. The molecular formula is C16H29O4P. The van der Waals surface area contributed by atoms with Crippen LogP contribution in [0.15, 0.2) is 23.3 Å². The van der Waals surface area contributed by atoms with Crippen LogP contribution >= 0.6 is 7.60 Å². The highest BCUT2D eigenvalue weighted by Gasteiger charge is 2.17. The Morgan fingerprint density at radius 3 is 2.29 bits per heavy atom. The van der Waals surface area contributed by atoms with Gasteiger partial charge < -0.3 is 9.79 Å². The van der Waals surface area contributed by atoms with E-state index in [0.717, 1.165) is 30.8 Å². The van der Waals surface area contributed by atoms with Crippen LogP contribution in [0.4, 0.5) is 0 Å². The highest BCUT2D eigenvalue weighted by atomic mass is 31.2. The first kappa shape index (κ1) is 20.3. The van der Waals surface area contributed by atoms with Gasteiger partial charge in [0, 0.05) is 0 Å². The lowest BCUT2D eigenvalue weighted by molar-refractivity contribution is -0.112. The summed E-state index contributed by atoms with van der Waals surface area (Å²) in [6.45, 7) is 8.39. The highest BCUT2D eigenvalue weighted by molar-refractivity contribution is 7.52. The molecule has 0 aliphatic carbocycles. The SMILES string of the molecule is CC(=CC(=O)CP(=O)(O)O)CCC=C(C)CCCC(C)C. The van der Waals surface area contributed by atoms with Crippen molar-refractivity contribution in [2.45, 2.75) is 59.8 Å². The van der Waals surface area contributed by atoms with Gasteiger partial charge in [-0.15, -0.1) is 0 Å². The molecule has 0 aliphatic heterocycles. The zero-order chi connectivity index (χ0) is 16.5. The maximum atomic E-state index is 11.4. The van der Waals surface area contributed by atoms with E-state index in [1.165, 1.54) is 24.5 Å². The van der Waals surface area contributed by atoms with Crippen molar-refractivity contribution in [1.82, 2.24) is 0 Å². The van der Waals surface area contributed by atoms with Gasteiger partial charge in [0.2, 0.25) is 0 Å². The van der Waals surface area contributed by atoms with E-state index in [1.807, 2.05) is 6.92 Å². The van der Waals surface area contributed by atoms with Gasteiger partial charge in [0.25, 0.3) is 0 Å². The molecule has 0 fully saturated rings. The second-order valence-corrected chi connectivity index (χ2v) is 7.80.